The molecule has 7 nitrogen and oxygen atoms in total. The van der Waals surface area contributed by atoms with Crippen LogP contribution >= 0.6 is 0 Å². The number of para-hydroxylation sites is 1. The molecule has 4 rings (SSSR count). The van der Waals surface area contributed by atoms with Crippen LogP contribution < -0.4 is 15.6 Å². The van der Waals surface area contributed by atoms with Gasteiger partial charge in [0.1, 0.15) is 5.75 Å². The Morgan fingerprint density at radius 2 is 1.69 bits per heavy atom. The Morgan fingerprint density at radius 3 is 2.46 bits per heavy atom. The third kappa shape index (κ3) is 7.06. The smallest absolute Gasteiger partial charge is 0.250 e. The quantitative estimate of drug-likeness (QED) is 0.518. The lowest BCUT2D eigenvalue weighted by Gasteiger charge is -2.32. The molecule has 1 unspecified atom stereocenters. The minimum atomic E-state index is -0.202. The molecule has 0 saturated carbocycles. The number of carbonyl (C=O) groups is 2. The van der Waals surface area contributed by atoms with Gasteiger partial charge in [-0.25, -0.2) is 0 Å². The number of piperidine rings is 1. The number of ether oxygens (including phenoxy) is 1. The van der Waals surface area contributed by atoms with E-state index in [4.69, 9.17) is 4.74 Å². The molecule has 1 aromatic heterocycles. The molecule has 1 saturated heterocycles. The molecule has 2 heterocycles. The summed E-state index contributed by atoms with van der Waals surface area (Å²) in [4.78, 5) is 39.0. The van der Waals surface area contributed by atoms with Gasteiger partial charge < -0.3 is 19.5 Å². The summed E-state index contributed by atoms with van der Waals surface area (Å²) >= 11 is 0. The summed E-state index contributed by atoms with van der Waals surface area (Å²) in [6.07, 6.45) is 3.66. The Bertz CT molecular complexity index is 1170. The third-order valence-electron chi connectivity index (χ3n) is 6.21. The zero-order chi connectivity index (χ0) is 24.5. The van der Waals surface area contributed by atoms with Crippen LogP contribution in [0.25, 0.3) is 0 Å². The number of hydrogen-bond donors (Lipinski definition) is 1. The van der Waals surface area contributed by atoms with Gasteiger partial charge in [-0.3, -0.25) is 14.4 Å². The lowest BCUT2D eigenvalue weighted by Crippen LogP contribution is -2.45. The van der Waals surface area contributed by atoms with Crippen LogP contribution in [0.5, 0.6) is 5.75 Å². The monoisotopic (exact) mass is 473 g/mol. The van der Waals surface area contributed by atoms with Crippen molar-refractivity contribution in [3.63, 3.8) is 0 Å². The summed E-state index contributed by atoms with van der Waals surface area (Å²) in [7, 11) is 0. The number of amides is 2. The second-order valence-electron chi connectivity index (χ2n) is 8.79. The zero-order valence-corrected chi connectivity index (χ0v) is 19.8. The van der Waals surface area contributed by atoms with Gasteiger partial charge in [0.05, 0.1) is 25.5 Å². The van der Waals surface area contributed by atoms with Crippen LogP contribution in [-0.2, 0) is 22.7 Å². The van der Waals surface area contributed by atoms with Gasteiger partial charge in [-0.15, -0.1) is 0 Å². The molecular weight excluding hydrogens is 442 g/mol. The van der Waals surface area contributed by atoms with E-state index >= 15 is 0 Å². The number of nitrogens with one attached hydrogen (secondary N) is 1. The summed E-state index contributed by atoms with van der Waals surface area (Å²) < 4.78 is 7.29. The average Bonchev–Trinajstić information content (AvgIpc) is 2.90. The largest absolute Gasteiger partial charge is 0.493 e. The van der Waals surface area contributed by atoms with E-state index in [9.17, 15) is 14.4 Å². The molecule has 35 heavy (non-hydrogen) atoms. The molecule has 1 aliphatic heterocycles. The summed E-state index contributed by atoms with van der Waals surface area (Å²) in [5.74, 6) is 0.541. The third-order valence-corrected chi connectivity index (χ3v) is 6.21. The number of carbonyl (C=O) groups excluding carboxylic acids is 2. The molecule has 0 radical (unpaired) electrons. The molecular formula is C28H31N3O4. The van der Waals surface area contributed by atoms with Crippen LogP contribution in [0.3, 0.4) is 0 Å². The maximum Gasteiger partial charge on any atom is 0.250 e. The predicted octanol–water partition coefficient (Wildman–Crippen LogP) is 3.22. The molecule has 0 spiro atoms. The maximum absolute atomic E-state index is 12.8. The predicted molar refractivity (Wildman–Crippen MR) is 134 cm³/mol. The lowest BCUT2D eigenvalue weighted by molar-refractivity contribution is -0.136. The summed E-state index contributed by atoms with van der Waals surface area (Å²) in [5.41, 5.74) is 1.97. The van der Waals surface area contributed by atoms with E-state index in [1.54, 1.807) is 27.8 Å². The molecule has 182 valence electrons. The van der Waals surface area contributed by atoms with Gasteiger partial charge >= 0.3 is 0 Å². The highest BCUT2D eigenvalue weighted by molar-refractivity contribution is 5.81. The lowest BCUT2D eigenvalue weighted by atomic mass is 9.96. The molecule has 0 bridgehead atoms. The van der Waals surface area contributed by atoms with E-state index in [1.807, 2.05) is 60.7 Å². The topological polar surface area (TPSA) is 80.6 Å². The molecule has 2 aromatic carbocycles. The number of aromatic nitrogens is 1. The normalized spacial score (nSPS) is 15.4. The Kier molecular flexibility index (Phi) is 8.33. The first kappa shape index (κ1) is 24.3. The number of hydrogen-bond acceptors (Lipinski definition) is 4. The highest BCUT2D eigenvalue weighted by atomic mass is 16.5. The van der Waals surface area contributed by atoms with Crippen LogP contribution in [0.4, 0.5) is 0 Å². The zero-order valence-electron chi connectivity index (χ0n) is 19.8. The Labute approximate surface area is 205 Å². The summed E-state index contributed by atoms with van der Waals surface area (Å²) in [5, 5.41) is 3.01. The van der Waals surface area contributed by atoms with E-state index in [2.05, 4.69) is 5.32 Å². The fraction of sp³-hybridized carbons (Fsp3) is 0.321. The molecule has 2 amide bonds. The van der Waals surface area contributed by atoms with Crippen LogP contribution in [-0.4, -0.2) is 41.0 Å². The first-order valence-electron chi connectivity index (χ1n) is 12.0. The van der Waals surface area contributed by atoms with Gasteiger partial charge in [-0.05, 0) is 42.2 Å². The van der Waals surface area contributed by atoms with E-state index in [0.717, 1.165) is 29.7 Å². The van der Waals surface area contributed by atoms with Crippen molar-refractivity contribution in [3.8, 4) is 5.75 Å². The number of nitrogens with zero attached hydrogens (tertiary/aromatic N) is 2. The van der Waals surface area contributed by atoms with Crippen molar-refractivity contribution in [1.82, 2.24) is 14.8 Å². The van der Waals surface area contributed by atoms with Gasteiger partial charge in [0.15, 0.2) is 0 Å². The Morgan fingerprint density at radius 1 is 0.943 bits per heavy atom. The van der Waals surface area contributed by atoms with E-state index < -0.39 is 0 Å². The number of benzene rings is 2. The van der Waals surface area contributed by atoms with Crippen molar-refractivity contribution in [3.05, 3.63) is 100 Å². The second kappa shape index (κ2) is 12.0. The minimum Gasteiger partial charge on any atom is -0.493 e. The van der Waals surface area contributed by atoms with Gasteiger partial charge in [0, 0.05) is 31.9 Å². The van der Waals surface area contributed by atoms with Crippen molar-refractivity contribution < 1.29 is 14.3 Å². The SMILES string of the molecule is O=C(NCc1ccc(Cn2ccccc2=O)cc1)C1CCCN(C(=O)CCOc2ccccc2)C1. The average molecular weight is 474 g/mol. The van der Waals surface area contributed by atoms with Crippen LogP contribution in [0.2, 0.25) is 0 Å². The molecule has 1 aliphatic rings. The first-order valence-corrected chi connectivity index (χ1v) is 12.0. The minimum absolute atomic E-state index is 0.0199. The Balaban J connectivity index is 1.21. The summed E-state index contributed by atoms with van der Waals surface area (Å²) in [6.45, 7) is 2.39. The standard InChI is InChI=1S/C28H31N3O4/c32-26-10-4-5-16-30(26)20-23-13-11-22(12-14-23)19-29-28(34)24-7-6-17-31(21-24)27(33)15-18-35-25-8-2-1-3-9-25/h1-5,8-14,16,24H,6-7,15,17-21H2,(H,29,34). The molecule has 1 atom stereocenters. The highest BCUT2D eigenvalue weighted by Crippen LogP contribution is 2.18. The van der Waals surface area contributed by atoms with Crippen LogP contribution in [0, 0.1) is 5.92 Å². The van der Waals surface area contributed by atoms with Gasteiger partial charge in [0.25, 0.3) is 5.56 Å². The molecule has 7 heteroatoms. The summed E-state index contributed by atoms with van der Waals surface area (Å²) in [6, 6.07) is 22.4. The molecule has 0 aliphatic carbocycles. The van der Waals surface area contributed by atoms with Crippen LogP contribution in [0.15, 0.2) is 83.8 Å². The molecule has 1 N–H and O–H groups in total. The fourth-order valence-corrected chi connectivity index (χ4v) is 4.23. The maximum atomic E-state index is 12.8. The van der Waals surface area contributed by atoms with Crippen molar-refractivity contribution in [2.45, 2.75) is 32.4 Å². The Hall–Kier alpha value is -3.87. The second-order valence-corrected chi connectivity index (χ2v) is 8.79. The first-order chi connectivity index (χ1) is 17.1. The van der Waals surface area contributed by atoms with Crippen molar-refractivity contribution in [1.29, 1.82) is 0 Å². The fourth-order valence-electron chi connectivity index (χ4n) is 4.23. The van der Waals surface area contributed by atoms with E-state index in [1.165, 1.54) is 0 Å². The van der Waals surface area contributed by atoms with Gasteiger partial charge in [-0.2, -0.15) is 0 Å². The number of rotatable bonds is 9. The van der Waals surface area contributed by atoms with Crippen LogP contribution in [0.1, 0.15) is 30.4 Å². The number of pyridine rings is 1. The van der Waals surface area contributed by atoms with Gasteiger partial charge in [0.2, 0.25) is 11.8 Å². The van der Waals surface area contributed by atoms with E-state index in [0.29, 0.717) is 39.2 Å². The van der Waals surface area contributed by atoms with Crippen molar-refractivity contribution >= 4 is 11.8 Å². The highest BCUT2D eigenvalue weighted by Gasteiger charge is 2.28. The molecule has 3 aromatic rings. The van der Waals surface area contributed by atoms with Crippen molar-refractivity contribution in [2.24, 2.45) is 5.92 Å². The number of likely N-dealkylation sites (tertiary alicyclic amines) is 1. The molecule has 1 fully saturated rings. The van der Waals surface area contributed by atoms with Gasteiger partial charge in [-0.1, -0.05) is 48.5 Å². The van der Waals surface area contributed by atoms with Crippen molar-refractivity contribution in [2.75, 3.05) is 19.7 Å². The van der Waals surface area contributed by atoms with E-state index in [-0.39, 0.29) is 23.3 Å².